The first-order valence-corrected chi connectivity index (χ1v) is 7.04. The first-order valence-electron chi connectivity index (χ1n) is 7.04. The molecule has 0 bridgehead atoms. The molecular formula is C17H10F8O. The lowest BCUT2D eigenvalue weighted by Crippen LogP contribution is -2.21. The number of carbonyl (C=O) groups excluding carboxylic acids is 1. The first-order chi connectivity index (χ1) is 11.8. The van der Waals surface area contributed by atoms with Crippen LogP contribution in [0.4, 0.5) is 35.1 Å². The van der Waals surface area contributed by atoms with Crippen molar-refractivity contribution in [3.8, 4) is 0 Å². The predicted molar refractivity (Wildman–Crippen MR) is 75.7 cm³/mol. The average Bonchev–Trinajstić information content (AvgIpc) is 2.49. The molecule has 0 aromatic heterocycles. The van der Waals surface area contributed by atoms with Gasteiger partial charge in [0.25, 0.3) is 0 Å². The molecule has 1 nitrogen and oxygen atoms in total. The minimum absolute atomic E-state index is 0.444. The third kappa shape index (κ3) is 3.42. The van der Waals surface area contributed by atoms with Gasteiger partial charge in [-0.05, 0) is 37.1 Å². The number of alkyl halides is 6. The Bertz CT molecular complexity index is 806. The summed E-state index contributed by atoms with van der Waals surface area (Å²) < 4.78 is 107. The molecule has 0 spiro atoms. The van der Waals surface area contributed by atoms with Gasteiger partial charge in [0.15, 0.2) is 5.78 Å². The molecule has 2 rings (SSSR count). The lowest BCUT2D eigenvalue weighted by atomic mass is 9.92. The van der Waals surface area contributed by atoms with Crippen LogP contribution in [0.15, 0.2) is 24.3 Å². The van der Waals surface area contributed by atoms with E-state index in [0.29, 0.717) is 12.1 Å². The summed E-state index contributed by atoms with van der Waals surface area (Å²) in [5.74, 6) is -5.32. The van der Waals surface area contributed by atoms with E-state index in [2.05, 4.69) is 0 Å². The lowest BCUT2D eigenvalue weighted by Gasteiger charge is -2.18. The highest BCUT2D eigenvalue weighted by atomic mass is 19.4. The van der Waals surface area contributed by atoms with E-state index in [9.17, 15) is 39.9 Å². The Morgan fingerprint density at radius 1 is 0.692 bits per heavy atom. The van der Waals surface area contributed by atoms with Gasteiger partial charge in [-0.3, -0.25) is 4.79 Å². The van der Waals surface area contributed by atoms with Crippen molar-refractivity contribution in [3.63, 3.8) is 0 Å². The van der Waals surface area contributed by atoms with Crippen molar-refractivity contribution in [1.29, 1.82) is 0 Å². The topological polar surface area (TPSA) is 17.1 Å². The zero-order valence-electron chi connectivity index (χ0n) is 13.2. The molecule has 0 saturated carbocycles. The summed E-state index contributed by atoms with van der Waals surface area (Å²) in [6.45, 7) is 2.01. The number of benzene rings is 2. The smallest absolute Gasteiger partial charge is 0.289 e. The Morgan fingerprint density at radius 2 is 1.00 bits per heavy atom. The SMILES string of the molecule is Cc1ccc(C(=O)c2ccc(C)c(F)c2C(F)(F)F)c(C(F)(F)F)c1F. The van der Waals surface area contributed by atoms with Crippen molar-refractivity contribution in [2.45, 2.75) is 26.2 Å². The normalized spacial score (nSPS) is 12.4. The van der Waals surface area contributed by atoms with Crippen LogP contribution in [0.2, 0.25) is 0 Å². The van der Waals surface area contributed by atoms with E-state index < -0.39 is 63.2 Å². The Hall–Kier alpha value is -2.45. The molecule has 9 heteroatoms. The molecule has 0 unspecified atom stereocenters. The maximum absolute atomic E-state index is 13.9. The molecule has 0 amide bonds. The van der Waals surface area contributed by atoms with Gasteiger partial charge in [0.2, 0.25) is 0 Å². The summed E-state index contributed by atoms with van der Waals surface area (Å²) >= 11 is 0. The fourth-order valence-electron chi connectivity index (χ4n) is 2.44. The quantitative estimate of drug-likeness (QED) is 0.470. The molecule has 140 valence electrons. The van der Waals surface area contributed by atoms with Crippen molar-refractivity contribution >= 4 is 5.78 Å². The van der Waals surface area contributed by atoms with Crippen LogP contribution in [0.1, 0.15) is 38.2 Å². The molecule has 0 aliphatic rings. The van der Waals surface area contributed by atoms with Crippen molar-refractivity contribution in [2.24, 2.45) is 0 Å². The van der Waals surface area contributed by atoms with Crippen LogP contribution in [0.5, 0.6) is 0 Å². The van der Waals surface area contributed by atoms with Gasteiger partial charge < -0.3 is 0 Å². The van der Waals surface area contributed by atoms with Crippen LogP contribution in [0.3, 0.4) is 0 Å². The maximum Gasteiger partial charge on any atom is 0.419 e. The monoisotopic (exact) mass is 382 g/mol. The number of rotatable bonds is 2. The molecule has 0 radical (unpaired) electrons. The third-order valence-electron chi connectivity index (χ3n) is 3.73. The van der Waals surface area contributed by atoms with Gasteiger partial charge in [-0.1, -0.05) is 12.1 Å². The van der Waals surface area contributed by atoms with Gasteiger partial charge in [0, 0.05) is 11.1 Å². The van der Waals surface area contributed by atoms with E-state index in [1.165, 1.54) is 0 Å². The second-order valence-corrected chi connectivity index (χ2v) is 5.56. The molecule has 0 atom stereocenters. The molecule has 0 saturated heterocycles. The van der Waals surface area contributed by atoms with Crippen molar-refractivity contribution in [2.75, 3.05) is 0 Å². The van der Waals surface area contributed by atoms with Gasteiger partial charge >= 0.3 is 12.4 Å². The summed E-state index contributed by atoms with van der Waals surface area (Å²) in [5.41, 5.74) is -7.52. The summed E-state index contributed by atoms with van der Waals surface area (Å²) in [7, 11) is 0. The van der Waals surface area contributed by atoms with E-state index in [1.807, 2.05) is 0 Å². The van der Waals surface area contributed by atoms with Crippen molar-refractivity contribution < 1.29 is 39.9 Å². The van der Waals surface area contributed by atoms with Crippen LogP contribution < -0.4 is 0 Å². The van der Waals surface area contributed by atoms with Gasteiger partial charge in [-0.2, -0.15) is 26.3 Å². The second-order valence-electron chi connectivity index (χ2n) is 5.56. The Morgan fingerprint density at radius 3 is 1.27 bits per heavy atom. The number of hydrogen-bond donors (Lipinski definition) is 0. The number of carbonyl (C=O) groups is 1. The Balaban J connectivity index is 2.81. The van der Waals surface area contributed by atoms with Gasteiger partial charge in [0.05, 0.1) is 0 Å². The summed E-state index contributed by atoms with van der Waals surface area (Å²) in [6, 6.07) is 2.80. The van der Waals surface area contributed by atoms with Gasteiger partial charge in [0.1, 0.15) is 22.8 Å². The highest BCUT2D eigenvalue weighted by molar-refractivity contribution is 6.11. The second kappa shape index (κ2) is 6.37. The fourth-order valence-corrected chi connectivity index (χ4v) is 2.44. The third-order valence-corrected chi connectivity index (χ3v) is 3.73. The molecule has 2 aromatic carbocycles. The number of aryl methyl sites for hydroxylation is 2. The fraction of sp³-hybridized carbons (Fsp3) is 0.235. The van der Waals surface area contributed by atoms with Crippen LogP contribution in [-0.4, -0.2) is 5.78 Å². The van der Waals surface area contributed by atoms with E-state index in [0.717, 1.165) is 26.0 Å². The first kappa shape index (κ1) is 19.9. The van der Waals surface area contributed by atoms with E-state index in [4.69, 9.17) is 0 Å². The minimum Gasteiger partial charge on any atom is -0.289 e. The molecule has 26 heavy (non-hydrogen) atoms. The Kier molecular flexibility index (Phi) is 4.87. The molecular weight excluding hydrogens is 372 g/mol. The molecule has 0 heterocycles. The highest BCUT2D eigenvalue weighted by Crippen LogP contribution is 2.39. The molecule has 2 aromatic rings. The maximum atomic E-state index is 13.9. The summed E-state index contributed by atoms with van der Waals surface area (Å²) in [5, 5.41) is 0. The standard InChI is InChI=1S/C17H10F8O/c1-7-3-5-9(11(13(7)18)16(20,21)22)15(26)10-6-4-8(2)14(19)12(10)17(23,24)25/h3-6H,1-2H3. The molecule has 0 fully saturated rings. The zero-order chi connectivity index (χ0) is 20.0. The minimum atomic E-state index is -5.33. The van der Waals surface area contributed by atoms with Crippen LogP contribution >= 0.6 is 0 Å². The average molecular weight is 382 g/mol. The van der Waals surface area contributed by atoms with Crippen LogP contribution in [0, 0.1) is 25.5 Å². The van der Waals surface area contributed by atoms with E-state index in [-0.39, 0.29) is 0 Å². The van der Waals surface area contributed by atoms with E-state index in [1.54, 1.807) is 0 Å². The van der Waals surface area contributed by atoms with Gasteiger partial charge in [-0.25, -0.2) is 8.78 Å². The number of halogens is 8. The zero-order valence-corrected chi connectivity index (χ0v) is 13.2. The van der Waals surface area contributed by atoms with Crippen molar-refractivity contribution in [3.05, 3.63) is 69.3 Å². The van der Waals surface area contributed by atoms with Crippen LogP contribution in [-0.2, 0) is 12.4 Å². The summed E-state index contributed by atoms with van der Waals surface area (Å²) in [6.07, 6.45) is -10.7. The number of ketones is 1. The lowest BCUT2D eigenvalue weighted by molar-refractivity contribution is -0.140. The Labute approximate surface area is 142 Å². The van der Waals surface area contributed by atoms with E-state index >= 15 is 0 Å². The largest absolute Gasteiger partial charge is 0.419 e. The van der Waals surface area contributed by atoms with Crippen molar-refractivity contribution in [1.82, 2.24) is 0 Å². The van der Waals surface area contributed by atoms with Crippen LogP contribution in [0.25, 0.3) is 0 Å². The highest BCUT2D eigenvalue weighted by Gasteiger charge is 2.43. The predicted octanol–water partition coefficient (Wildman–Crippen LogP) is 5.85. The summed E-state index contributed by atoms with van der Waals surface area (Å²) in [4.78, 5) is 12.4. The number of hydrogen-bond acceptors (Lipinski definition) is 1. The molecule has 0 aliphatic heterocycles. The molecule has 0 aliphatic carbocycles. The molecule has 0 N–H and O–H groups in total. The van der Waals surface area contributed by atoms with Gasteiger partial charge in [-0.15, -0.1) is 0 Å².